The number of carbonyl (C=O) groups excluding carboxylic acids is 2. The number of amides is 2. The number of hydrogen-bond donors (Lipinski definition) is 2. The van der Waals surface area contributed by atoms with Crippen molar-refractivity contribution < 1.29 is 14.0 Å². The summed E-state index contributed by atoms with van der Waals surface area (Å²) in [6.07, 6.45) is 2.13. The van der Waals surface area contributed by atoms with Crippen LogP contribution >= 0.6 is 0 Å². The molecule has 2 N–H and O–H groups in total. The predicted molar refractivity (Wildman–Crippen MR) is 87.7 cm³/mol. The third-order valence-corrected chi connectivity index (χ3v) is 3.38. The lowest BCUT2D eigenvalue weighted by atomic mass is 10.0. The van der Waals surface area contributed by atoms with Gasteiger partial charge in [0.1, 0.15) is 11.8 Å². The van der Waals surface area contributed by atoms with Crippen molar-refractivity contribution in [1.29, 1.82) is 0 Å². The molecule has 122 valence electrons. The highest BCUT2D eigenvalue weighted by Crippen LogP contribution is 2.08. The minimum Gasteiger partial charge on any atom is -0.467 e. The lowest BCUT2D eigenvalue weighted by Crippen LogP contribution is -2.47. The molecule has 1 atom stereocenters. The summed E-state index contributed by atoms with van der Waals surface area (Å²) >= 11 is 0. The highest BCUT2D eigenvalue weighted by molar-refractivity contribution is 5.97. The zero-order chi connectivity index (χ0) is 16.7. The van der Waals surface area contributed by atoms with Crippen molar-refractivity contribution in [3.05, 3.63) is 60.1 Å². The molecule has 0 aliphatic carbocycles. The van der Waals surface area contributed by atoms with Gasteiger partial charge in [0.15, 0.2) is 0 Å². The molecule has 1 heterocycles. The van der Waals surface area contributed by atoms with Crippen LogP contribution in [-0.2, 0) is 11.3 Å². The minimum atomic E-state index is -0.572. The van der Waals surface area contributed by atoms with Gasteiger partial charge in [-0.25, -0.2) is 0 Å². The lowest BCUT2D eigenvalue weighted by molar-refractivity contribution is -0.123. The number of hydrogen-bond acceptors (Lipinski definition) is 3. The van der Waals surface area contributed by atoms with Gasteiger partial charge in [0.2, 0.25) is 5.91 Å². The van der Waals surface area contributed by atoms with E-state index in [1.807, 2.05) is 19.9 Å². The monoisotopic (exact) mass is 314 g/mol. The van der Waals surface area contributed by atoms with E-state index in [0.29, 0.717) is 24.3 Å². The summed E-state index contributed by atoms with van der Waals surface area (Å²) in [5.41, 5.74) is 0.542. The van der Waals surface area contributed by atoms with Gasteiger partial charge < -0.3 is 15.1 Å². The van der Waals surface area contributed by atoms with Gasteiger partial charge in [0.05, 0.1) is 12.8 Å². The predicted octanol–water partition coefficient (Wildman–Crippen LogP) is 2.74. The Hall–Kier alpha value is -2.56. The van der Waals surface area contributed by atoms with E-state index in [2.05, 4.69) is 10.6 Å². The van der Waals surface area contributed by atoms with Crippen molar-refractivity contribution in [1.82, 2.24) is 10.6 Å². The largest absolute Gasteiger partial charge is 0.467 e. The number of carbonyl (C=O) groups is 2. The minimum absolute atomic E-state index is 0.209. The third-order valence-electron chi connectivity index (χ3n) is 3.38. The van der Waals surface area contributed by atoms with Crippen molar-refractivity contribution in [2.45, 2.75) is 32.9 Å². The number of nitrogens with one attached hydrogen (secondary N) is 2. The molecule has 0 fully saturated rings. The number of furan rings is 1. The zero-order valence-corrected chi connectivity index (χ0v) is 13.4. The van der Waals surface area contributed by atoms with Crippen LogP contribution in [0.2, 0.25) is 0 Å². The molecule has 0 spiro atoms. The first kappa shape index (κ1) is 16.8. The van der Waals surface area contributed by atoms with Crippen LogP contribution in [0, 0.1) is 5.92 Å². The number of benzene rings is 1. The first-order chi connectivity index (χ1) is 11.1. The molecular weight excluding hydrogens is 292 g/mol. The van der Waals surface area contributed by atoms with E-state index in [9.17, 15) is 9.59 Å². The van der Waals surface area contributed by atoms with Gasteiger partial charge in [0.25, 0.3) is 5.91 Å². The standard InChI is InChI=1S/C18H22N2O3/c1-13(2)11-16(18(22)19-12-15-9-6-10-23-15)20-17(21)14-7-4-3-5-8-14/h3-10,13,16H,11-12H2,1-2H3,(H,19,22)(H,20,21)/t16-/m0/s1. The Bertz CT molecular complexity index is 621. The van der Waals surface area contributed by atoms with Gasteiger partial charge in [-0.1, -0.05) is 32.0 Å². The molecule has 0 aliphatic heterocycles. The van der Waals surface area contributed by atoms with Crippen molar-refractivity contribution in [2.24, 2.45) is 5.92 Å². The summed E-state index contributed by atoms with van der Waals surface area (Å²) < 4.78 is 5.19. The molecule has 0 radical (unpaired) electrons. The van der Waals surface area contributed by atoms with Gasteiger partial charge >= 0.3 is 0 Å². The summed E-state index contributed by atoms with van der Waals surface area (Å²) in [6.45, 7) is 4.34. The first-order valence-corrected chi connectivity index (χ1v) is 7.72. The van der Waals surface area contributed by atoms with Crippen LogP contribution < -0.4 is 10.6 Å². The number of rotatable bonds is 7. The van der Waals surface area contributed by atoms with E-state index >= 15 is 0 Å². The molecule has 5 heteroatoms. The molecule has 2 rings (SSSR count). The average molecular weight is 314 g/mol. The Labute approximate surface area is 136 Å². The quantitative estimate of drug-likeness (QED) is 0.825. The van der Waals surface area contributed by atoms with Crippen molar-refractivity contribution in [3.63, 3.8) is 0 Å². The summed E-state index contributed by atoms with van der Waals surface area (Å²) in [7, 11) is 0. The maximum Gasteiger partial charge on any atom is 0.251 e. The fourth-order valence-corrected chi connectivity index (χ4v) is 2.24. The second kappa shape index (κ2) is 8.17. The highest BCUT2D eigenvalue weighted by atomic mass is 16.3. The van der Waals surface area contributed by atoms with Crippen LogP contribution in [0.15, 0.2) is 53.1 Å². The van der Waals surface area contributed by atoms with Gasteiger partial charge in [-0.05, 0) is 36.6 Å². The molecule has 0 bridgehead atoms. The molecule has 5 nitrogen and oxygen atoms in total. The van der Waals surface area contributed by atoms with Crippen LogP contribution in [0.3, 0.4) is 0 Å². The average Bonchev–Trinajstić information content (AvgIpc) is 3.05. The smallest absolute Gasteiger partial charge is 0.251 e. The van der Waals surface area contributed by atoms with Crippen molar-refractivity contribution in [2.75, 3.05) is 0 Å². The Morgan fingerprint density at radius 1 is 1.09 bits per heavy atom. The maximum absolute atomic E-state index is 12.4. The summed E-state index contributed by atoms with van der Waals surface area (Å²) in [5, 5.41) is 5.61. The van der Waals surface area contributed by atoms with Gasteiger partial charge in [-0.2, -0.15) is 0 Å². The lowest BCUT2D eigenvalue weighted by Gasteiger charge is -2.20. The van der Waals surface area contributed by atoms with Crippen LogP contribution in [0.25, 0.3) is 0 Å². The molecule has 1 aromatic heterocycles. The molecule has 2 amide bonds. The fourth-order valence-electron chi connectivity index (χ4n) is 2.24. The summed E-state index contributed by atoms with van der Waals surface area (Å²) in [4.78, 5) is 24.6. The molecular formula is C18H22N2O3. The normalized spacial score (nSPS) is 12.0. The van der Waals surface area contributed by atoms with E-state index in [1.54, 1.807) is 42.7 Å². The van der Waals surface area contributed by atoms with Crippen LogP contribution in [0.4, 0.5) is 0 Å². The van der Waals surface area contributed by atoms with Crippen molar-refractivity contribution >= 4 is 11.8 Å². The molecule has 0 unspecified atom stereocenters. The molecule has 0 saturated carbocycles. The Kier molecular flexibility index (Phi) is 5.97. The fraction of sp³-hybridized carbons (Fsp3) is 0.333. The van der Waals surface area contributed by atoms with E-state index < -0.39 is 6.04 Å². The van der Waals surface area contributed by atoms with E-state index in [1.165, 1.54) is 0 Å². The Morgan fingerprint density at radius 3 is 2.43 bits per heavy atom. The van der Waals surface area contributed by atoms with Crippen LogP contribution in [0.5, 0.6) is 0 Å². The van der Waals surface area contributed by atoms with E-state index in [4.69, 9.17) is 4.42 Å². The molecule has 1 aromatic carbocycles. The molecule has 23 heavy (non-hydrogen) atoms. The molecule has 0 saturated heterocycles. The Morgan fingerprint density at radius 2 is 1.83 bits per heavy atom. The highest BCUT2D eigenvalue weighted by Gasteiger charge is 2.22. The van der Waals surface area contributed by atoms with E-state index in [0.717, 1.165) is 0 Å². The molecule has 2 aromatic rings. The zero-order valence-electron chi connectivity index (χ0n) is 13.4. The topological polar surface area (TPSA) is 71.3 Å². The SMILES string of the molecule is CC(C)C[C@H](NC(=O)c1ccccc1)C(=O)NCc1ccco1. The van der Waals surface area contributed by atoms with Crippen LogP contribution in [0.1, 0.15) is 36.4 Å². The summed E-state index contributed by atoms with van der Waals surface area (Å²) in [6, 6.07) is 11.9. The van der Waals surface area contributed by atoms with E-state index in [-0.39, 0.29) is 17.7 Å². The van der Waals surface area contributed by atoms with Crippen molar-refractivity contribution in [3.8, 4) is 0 Å². The Balaban J connectivity index is 1.98. The third kappa shape index (κ3) is 5.29. The van der Waals surface area contributed by atoms with Gasteiger partial charge in [-0.15, -0.1) is 0 Å². The summed E-state index contributed by atoms with van der Waals surface area (Å²) in [5.74, 6) is 0.505. The van der Waals surface area contributed by atoms with Gasteiger partial charge in [0, 0.05) is 5.56 Å². The first-order valence-electron chi connectivity index (χ1n) is 7.72. The van der Waals surface area contributed by atoms with Crippen LogP contribution in [-0.4, -0.2) is 17.9 Å². The van der Waals surface area contributed by atoms with Gasteiger partial charge in [-0.3, -0.25) is 9.59 Å². The maximum atomic E-state index is 12.4. The second-order valence-corrected chi connectivity index (χ2v) is 5.82. The second-order valence-electron chi connectivity index (χ2n) is 5.82. The molecule has 0 aliphatic rings.